The molecule has 0 amide bonds. The molecule has 0 atom stereocenters. The Balaban J connectivity index is 2.15. The molecule has 78 valence electrons. The van der Waals surface area contributed by atoms with E-state index in [0.29, 0.717) is 0 Å². The molecule has 1 heterocycles. The van der Waals surface area contributed by atoms with E-state index in [1.54, 1.807) is 0 Å². The molecule has 1 nitrogen and oxygen atoms in total. The number of fused-ring (bicyclic) bond motifs is 1. The van der Waals surface area contributed by atoms with Gasteiger partial charge in [0.1, 0.15) is 0 Å². The van der Waals surface area contributed by atoms with Gasteiger partial charge in [0, 0.05) is 11.9 Å². The van der Waals surface area contributed by atoms with E-state index in [-0.39, 0.29) is 0 Å². The number of nitrogens with one attached hydrogen (secondary N) is 1. The summed E-state index contributed by atoms with van der Waals surface area (Å²) in [6.45, 7) is 2.23. The summed E-state index contributed by atoms with van der Waals surface area (Å²) in [4.78, 5) is 0. The minimum absolute atomic E-state index is 1.16. The van der Waals surface area contributed by atoms with Crippen LogP contribution < -0.4 is 5.32 Å². The van der Waals surface area contributed by atoms with Crippen molar-refractivity contribution >= 4 is 11.8 Å². The first-order chi connectivity index (χ1) is 7.40. The first kappa shape index (κ1) is 10.0. The van der Waals surface area contributed by atoms with Gasteiger partial charge < -0.3 is 5.32 Å². The van der Waals surface area contributed by atoms with E-state index >= 15 is 0 Å². The predicted molar refractivity (Wildman–Crippen MR) is 66.7 cm³/mol. The standard InChI is InChI=1S/C14H17N/c1-2-3-6-12-9-10-13-7-4-5-8-14(13)15-11-12/h4-5,7-11,15H,2-3,6H2,1H3. The van der Waals surface area contributed by atoms with Gasteiger partial charge in [-0.15, -0.1) is 0 Å². The average molecular weight is 199 g/mol. The molecule has 1 aliphatic heterocycles. The van der Waals surface area contributed by atoms with Gasteiger partial charge in [0.05, 0.1) is 0 Å². The first-order valence-electron chi connectivity index (χ1n) is 5.63. The normalized spacial score (nSPS) is 13.8. The van der Waals surface area contributed by atoms with Gasteiger partial charge in [0.2, 0.25) is 0 Å². The SMILES string of the molecule is CCCCC1=CNc2ccccc2C=C1. The molecule has 1 N–H and O–H groups in total. The maximum atomic E-state index is 3.36. The Kier molecular flexibility index (Phi) is 3.23. The van der Waals surface area contributed by atoms with E-state index in [4.69, 9.17) is 0 Å². The maximum absolute atomic E-state index is 3.36. The summed E-state index contributed by atoms with van der Waals surface area (Å²) >= 11 is 0. The zero-order chi connectivity index (χ0) is 10.5. The van der Waals surface area contributed by atoms with Crippen LogP contribution in [0.2, 0.25) is 0 Å². The van der Waals surface area contributed by atoms with Crippen molar-refractivity contribution in [3.05, 3.63) is 47.7 Å². The molecule has 1 heteroatoms. The number of benzene rings is 1. The molecule has 0 saturated carbocycles. The minimum Gasteiger partial charge on any atom is -0.361 e. The van der Waals surface area contributed by atoms with Crippen LogP contribution in [0, 0.1) is 0 Å². The van der Waals surface area contributed by atoms with Gasteiger partial charge in [-0.1, -0.05) is 43.7 Å². The molecule has 2 rings (SSSR count). The fraction of sp³-hybridized carbons (Fsp3) is 0.286. The third kappa shape index (κ3) is 2.50. The Hall–Kier alpha value is -1.50. The fourth-order valence-corrected chi connectivity index (χ4v) is 1.73. The van der Waals surface area contributed by atoms with Crippen LogP contribution in [0.15, 0.2) is 42.1 Å². The van der Waals surface area contributed by atoms with Crippen molar-refractivity contribution in [2.45, 2.75) is 26.2 Å². The smallest absolute Gasteiger partial charge is 0.0453 e. The average Bonchev–Trinajstić information content (AvgIpc) is 2.49. The van der Waals surface area contributed by atoms with Crippen molar-refractivity contribution in [1.29, 1.82) is 0 Å². The lowest BCUT2D eigenvalue weighted by Gasteiger charge is -2.03. The molecule has 0 aromatic heterocycles. The van der Waals surface area contributed by atoms with Crippen LogP contribution in [-0.4, -0.2) is 0 Å². The van der Waals surface area contributed by atoms with Crippen LogP contribution in [0.1, 0.15) is 31.7 Å². The number of hydrogen-bond acceptors (Lipinski definition) is 1. The van der Waals surface area contributed by atoms with Gasteiger partial charge in [0.25, 0.3) is 0 Å². The lowest BCUT2D eigenvalue weighted by Crippen LogP contribution is -1.90. The second kappa shape index (κ2) is 4.83. The summed E-state index contributed by atoms with van der Waals surface area (Å²) in [6.07, 6.45) is 10.2. The third-order valence-corrected chi connectivity index (χ3v) is 2.67. The van der Waals surface area contributed by atoms with Crippen LogP contribution in [0.25, 0.3) is 6.08 Å². The Labute approximate surface area is 91.5 Å². The third-order valence-electron chi connectivity index (χ3n) is 2.67. The highest BCUT2D eigenvalue weighted by atomic mass is 14.8. The van der Waals surface area contributed by atoms with E-state index in [1.807, 2.05) is 0 Å². The minimum atomic E-state index is 1.16. The number of hydrogen-bond donors (Lipinski definition) is 1. The predicted octanol–water partition coefficient (Wildman–Crippen LogP) is 4.20. The van der Waals surface area contributed by atoms with Crippen molar-refractivity contribution in [3.63, 3.8) is 0 Å². The number of allylic oxidation sites excluding steroid dienone is 2. The molecule has 0 fully saturated rings. The quantitative estimate of drug-likeness (QED) is 0.769. The number of rotatable bonds is 3. The Morgan fingerprint density at radius 2 is 2.00 bits per heavy atom. The van der Waals surface area contributed by atoms with Gasteiger partial charge in [-0.2, -0.15) is 0 Å². The molecular formula is C14H17N. The number of anilines is 1. The molecule has 0 bridgehead atoms. The Morgan fingerprint density at radius 3 is 2.87 bits per heavy atom. The Bertz CT molecular complexity index is 388. The van der Waals surface area contributed by atoms with Crippen molar-refractivity contribution in [2.75, 3.05) is 5.32 Å². The summed E-state index contributed by atoms with van der Waals surface area (Å²) in [5.41, 5.74) is 3.84. The zero-order valence-electron chi connectivity index (χ0n) is 9.16. The van der Waals surface area contributed by atoms with Crippen molar-refractivity contribution in [3.8, 4) is 0 Å². The Morgan fingerprint density at radius 1 is 1.13 bits per heavy atom. The summed E-state index contributed by atoms with van der Waals surface area (Å²) in [7, 11) is 0. The van der Waals surface area contributed by atoms with Crippen LogP contribution in [0.5, 0.6) is 0 Å². The summed E-state index contributed by atoms with van der Waals surface area (Å²) in [5, 5.41) is 3.36. The monoisotopic (exact) mass is 199 g/mol. The van der Waals surface area contributed by atoms with E-state index < -0.39 is 0 Å². The molecule has 1 aromatic carbocycles. The molecule has 0 aliphatic carbocycles. The van der Waals surface area contributed by atoms with Gasteiger partial charge in [-0.3, -0.25) is 0 Å². The summed E-state index contributed by atoms with van der Waals surface area (Å²) in [5.74, 6) is 0. The number of para-hydroxylation sites is 1. The second-order valence-corrected chi connectivity index (χ2v) is 3.89. The molecule has 15 heavy (non-hydrogen) atoms. The van der Waals surface area contributed by atoms with Gasteiger partial charge in [0.15, 0.2) is 0 Å². The summed E-state index contributed by atoms with van der Waals surface area (Å²) in [6, 6.07) is 8.38. The second-order valence-electron chi connectivity index (χ2n) is 3.89. The van der Waals surface area contributed by atoms with Crippen LogP contribution in [0.3, 0.4) is 0 Å². The highest BCUT2D eigenvalue weighted by molar-refractivity contribution is 5.70. The lowest BCUT2D eigenvalue weighted by molar-refractivity contribution is 0.798. The largest absolute Gasteiger partial charge is 0.361 e. The molecule has 0 unspecified atom stereocenters. The zero-order valence-corrected chi connectivity index (χ0v) is 9.16. The molecule has 0 radical (unpaired) electrons. The van der Waals surface area contributed by atoms with Crippen LogP contribution in [-0.2, 0) is 0 Å². The first-order valence-corrected chi connectivity index (χ1v) is 5.63. The summed E-state index contributed by atoms with van der Waals surface area (Å²) < 4.78 is 0. The fourth-order valence-electron chi connectivity index (χ4n) is 1.73. The van der Waals surface area contributed by atoms with E-state index in [0.717, 1.165) is 6.42 Å². The molecular weight excluding hydrogens is 182 g/mol. The highest BCUT2D eigenvalue weighted by Gasteiger charge is 2.01. The maximum Gasteiger partial charge on any atom is 0.0453 e. The van der Waals surface area contributed by atoms with Crippen LogP contribution >= 0.6 is 0 Å². The van der Waals surface area contributed by atoms with Crippen LogP contribution in [0.4, 0.5) is 5.69 Å². The molecule has 1 aliphatic rings. The van der Waals surface area contributed by atoms with E-state index in [2.05, 4.69) is 54.9 Å². The number of unbranched alkanes of at least 4 members (excludes halogenated alkanes) is 1. The van der Waals surface area contributed by atoms with Crippen molar-refractivity contribution in [1.82, 2.24) is 0 Å². The van der Waals surface area contributed by atoms with Crippen molar-refractivity contribution in [2.24, 2.45) is 0 Å². The van der Waals surface area contributed by atoms with E-state index in [1.165, 1.54) is 29.7 Å². The van der Waals surface area contributed by atoms with E-state index in [9.17, 15) is 0 Å². The molecule has 0 spiro atoms. The van der Waals surface area contributed by atoms with Gasteiger partial charge in [-0.25, -0.2) is 0 Å². The van der Waals surface area contributed by atoms with Gasteiger partial charge >= 0.3 is 0 Å². The highest BCUT2D eigenvalue weighted by Crippen LogP contribution is 2.22. The topological polar surface area (TPSA) is 12.0 Å². The van der Waals surface area contributed by atoms with Gasteiger partial charge in [-0.05, 0) is 30.0 Å². The lowest BCUT2D eigenvalue weighted by atomic mass is 10.1. The molecule has 1 aromatic rings. The molecule has 0 saturated heterocycles. The van der Waals surface area contributed by atoms with Crippen molar-refractivity contribution < 1.29 is 0 Å².